The molecule has 1 heterocycles. The summed E-state index contributed by atoms with van der Waals surface area (Å²) in [5.41, 5.74) is 7.42. The molecule has 0 spiro atoms. The van der Waals surface area contributed by atoms with Gasteiger partial charge in [0.25, 0.3) is 0 Å². The fourth-order valence-corrected chi connectivity index (χ4v) is 4.36. The Morgan fingerprint density at radius 1 is 1.27 bits per heavy atom. The van der Waals surface area contributed by atoms with Gasteiger partial charge in [-0.1, -0.05) is 44.5 Å². The first-order chi connectivity index (χ1) is 12.3. The minimum Gasteiger partial charge on any atom is -0.379 e. The predicted octanol–water partition coefficient (Wildman–Crippen LogP) is 0.838. The second kappa shape index (κ2) is 9.45. The number of nitrogens with zero attached hydrogens (tertiary/aromatic N) is 1. The Balaban J connectivity index is 2.04. The number of hydrogen-bond donors (Lipinski definition) is 2. The molecule has 0 radical (unpaired) electrons. The zero-order valence-corrected chi connectivity index (χ0v) is 16.3. The van der Waals surface area contributed by atoms with Crippen LogP contribution in [0.25, 0.3) is 0 Å². The van der Waals surface area contributed by atoms with Crippen LogP contribution in [0.5, 0.6) is 0 Å². The van der Waals surface area contributed by atoms with Crippen LogP contribution in [0.3, 0.4) is 0 Å². The highest BCUT2D eigenvalue weighted by Gasteiger charge is 2.25. The van der Waals surface area contributed by atoms with E-state index >= 15 is 0 Å². The minimum absolute atomic E-state index is 0.0868. The Morgan fingerprint density at radius 3 is 2.50 bits per heavy atom. The fraction of sp³-hybridized carbons (Fsp3) is 0.611. The lowest BCUT2D eigenvalue weighted by Crippen LogP contribution is -2.44. The van der Waals surface area contributed by atoms with Gasteiger partial charge in [-0.15, -0.1) is 0 Å². The van der Waals surface area contributed by atoms with Gasteiger partial charge in [0.05, 0.1) is 25.0 Å². The molecule has 2 unspecified atom stereocenters. The summed E-state index contributed by atoms with van der Waals surface area (Å²) in [5.74, 6) is -0.215. The molecule has 1 amide bonds. The Bertz CT molecular complexity index is 702. The molecule has 2 rings (SSSR count). The van der Waals surface area contributed by atoms with Crippen LogP contribution in [-0.2, 0) is 31.9 Å². The van der Waals surface area contributed by atoms with E-state index in [0.717, 1.165) is 12.0 Å². The average Bonchev–Trinajstić information content (AvgIpc) is 2.66. The lowest BCUT2D eigenvalue weighted by molar-refractivity contribution is -0.123. The number of nitrogens with two attached hydrogens (primary N) is 1. The van der Waals surface area contributed by atoms with E-state index in [0.29, 0.717) is 31.9 Å². The molecule has 8 heteroatoms. The second-order valence-corrected chi connectivity index (χ2v) is 8.63. The van der Waals surface area contributed by atoms with Gasteiger partial charge in [0.2, 0.25) is 15.9 Å². The molecule has 0 aliphatic carbocycles. The number of sulfonamides is 1. The van der Waals surface area contributed by atoms with Gasteiger partial charge in [0, 0.05) is 19.6 Å². The smallest absolute Gasteiger partial charge is 0.237 e. The van der Waals surface area contributed by atoms with Gasteiger partial charge in [-0.3, -0.25) is 4.79 Å². The molecule has 2 atom stereocenters. The van der Waals surface area contributed by atoms with Gasteiger partial charge in [-0.2, -0.15) is 4.31 Å². The van der Waals surface area contributed by atoms with Crippen molar-refractivity contribution in [2.45, 2.75) is 38.6 Å². The number of morpholine rings is 1. The molecular formula is C18H29N3O4S. The molecule has 1 aromatic rings. The molecule has 7 nitrogen and oxygen atoms in total. The van der Waals surface area contributed by atoms with Gasteiger partial charge in [0.15, 0.2) is 0 Å². The number of benzene rings is 1. The van der Waals surface area contributed by atoms with Gasteiger partial charge in [0.1, 0.15) is 0 Å². The van der Waals surface area contributed by atoms with Crippen LogP contribution >= 0.6 is 0 Å². The summed E-state index contributed by atoms with van der Waals surface area (Å²) < 4.78 is 32.0. The summed E-state index contributed by atoms with van der Waals surface area (Å²) in [6.45, 7) is 5.79. The van der Waals surface area contributed by atoms with E-state index < -0.39 is 16.1 Å². The predicted molar refractivity (Wildman–Crippen MR) is 101 cm³/mol. The van der Waals surface area contributed by atoms with Gasteiger partial charge >= 0.3 is 0 Å². The highest BCUT2D eigenvalue weighted by atomic mass is 32.2. The number of hydrogen-bond acceptors (Lipinski definition) is 5. The quantitative estimate of drug-likeness (QED) is 0.693. The molecule has 26 heavy (non-hydrogen) atoms. The topological polar surface area (TPSA) is 102 Å². The van der Waals surface area contributed by atoms with E-state index in [1.807, 2.05) is 26.0 Å². The maximum absolute atomic E-state index is 12.6. The lowest BCUT2D eigenvalue weighted by Gasteiger charge is -2.26. The Morgan fingerprint density at radius 2 is 1.88 bits per heavy atom. The van der Waals surface area contributed by atoms with Crippen molar-refractivity contribution in [3.05, 3.63) is 35.4 Å². The molecular weight excluding hydrogens is 354 g/mol. The van der Waals surface area contributed by atoms with Crippen LogP contribution in [0.15, 0.2) is 24.3 Å². The largest absolute Gasteiger partial charge is 0.379 e. The van der Waals surface area contributed by atoms with Crippen LogP contribution in [-0.4, -0.2) is 51.0 Å². The molecule has 0 bridgehead atoms. The summed E-state index contributed by atoms with van der Waals surface area (Å²) in [5, 5.41) is 2.83. The summed E-state index contributed by atoms with van der Waals surface area (Å²) >= 11 is 0. The summed E-state index contributed by atoms with van der Waals surface area (Å²) in [6, 6.07) is 6.69. The summed E-state index contributed by atoms with van der Waals surface area (Å²) in [4.78, 5) is 12.2. The first-order valence-electron chi connectivity index (χ1n) is 9.00. The van der Waals surface area contributed by atoms with Crippen LogP contribution in [0, 0.1) is 5.92 Å². The number of nitrogens with one attached hydrogen (secondary N) is 1. The molecule has 146 valence electrons. The van der Waals surface area contributed by atoms with Crippen molar-refractivity contribution in [3.8, 4) is 0 Å². The SMILES string of the molecule is CCC(C)C(N)C(=O)NCc1ccccc1CS(=O)(=O)N1CCOCC1. The lowest BCUT2D eigenvalue weighted by atomic mass is 9.99. The van der Waals surface area contributed by atoms with E-state index in [1.165, 1.54) is 4.31 Å². The Hall–Kier alpha value is -1.48. The maximum atomic E-state index is 12.6. The van der Waals surface area contributed by atoms with Gasteiger partial charge in [-0.05, 0) is 17.0 Å². The Labute approximate surface area is 155 Å². The van der Waals surface area contributed by atoms with Crippen molar-refractivity contribution in [2.24, 2.45) is 11.7 Å². The van der Waals surface area contributed by atoms with E-state index in [1.54, 1.807) is 12.1 Å². The highest BCUT2D eigenvalue weighted by molar-refractivity contribution is 7.88. The van der Waals surface area contributed by atoms with Crippen LogP contribution in [0.1, 0.15) is 31.4 Å². The summed E-state index contributed by atoms with van der Waals surface area (Å²) in [6.07, 6.45) is 0.822. The molecule has 0 saturated carbocycles. The minimum atomic E-state index is -3.42. The highest BCUT2D eigenvalue weighted by Crippen LogP contribution is 2.17. The first kappa shape index (κ1) is 20.8. The maximum Gasteiger partial charge on any atom is 0.237 e. The second-order valence-electron chi connectivity index (χ2n) is 6.67. The number of carbonyl (C=O) groups is 1. The van der Waals surface area contributed by atoms with Crippen molar-refractivity contribution < 1.29 is 17.9 Å². The molecule has 1 aliphatic rings. The van der Waals surface area contributed by atoms with Crippen molar-refractivity contribution >= 4 is 15.9 Å². The number of rotatable bonds is 8. The van der Waals surface area contributed by atoms with Gasteiger partial charge in [-0.25, -0.2) is 8.42 Å². The average molecular weight is 384 g/mol. The third-order valence-electron chi connectivity index (χ3n) is 4.83. The normalized spacial score (nSPS) is 18.3. The molecule has 1 saturated heterocycles. The molecule has 1 aliphatic heterocycles. The zero-order valence-electron chi connectivity index (χ0n) is 15.5. The van der Waals surface area contributed by atoms with E-state index in [4.69, 9.17) is 10.5 Å². The van der Waals surface area contributed by atoms with Crippen LogP contribution in [0.4, 0.5) is 0 Å². The number of carbonyl (C=O) groups excluding carboxylic acids is 1. The van der Waals surface area contributed by atoms with Crippen molar-refractivity contribution in [1.82, 2.24) is 9.62 Å². The Kier molecular flexibility index (Phi) is 7.57. The van der Waals surface area contributed by atoms with Crippen molar-refractivity contribution in [1.29, 1.82) is 0 Å². The van der Waals surface area contributed by atoms with Crippen LogP contribution < -0.4 is 11.1 Å². The molecule has 0 aromatic heterocycles. The van der Waals surface area contributed by atoms with Crippen molar-refractivity contribution in [3.63, 3.8) is 0 Å². The van der Waals surface area contributed by atoms with E-state index in [-0.39, 0.29) is 24.1 Å². The monoisotopic (exact) mass is 383 g/mol. The first-order valence-corrected chi connectivity index (χ1v) is 10.6. The number of ether oxygens (including phenoxy) is 1. The zero-order chi connectivity index (χ0) is 19.2. The summed E-state index contributed by atoms with van der Waals surface area (Å²) in [7, 11) is -3.42. The van der Waals surface area contributed by atoms with Crippen LogP contribution in [0.2, 0.25) is 0 Å². The van der Waals surface area contributed by atoms with Gasteiger partial charge < -0.3 is 15.8 Å². The number of amides is 1. The standard InChI is InChI=1S/C18H29N3O4S/c1-3-14(2)17(19)18(22)20-12-15-6-4-5-7-16(15)13-26(23,24)21-8-10-25-11-9-21/h4-7,14,17H,3,8-13,19H2,1-2H3,(H,20,22). The van der Waals surface area contributed by atoms with E-state index in [2.05, 4.69) is 5.32 Å². The third kappa shape index (κ3) is 5.51. The van der Waals surface area contributed by atoms with E-state index in [9.17, 15) is 13.2 Å². The molecule has 1 fully saturated rings. The third-order valence-corrected chi connectivity index (χ3v) is 6.66. The molecule has 3 N–H and O–H groups in total. The fourth-order valence-electron chi connectivity index (χ4n) is 2.80. The van der Waals surface area contributed by atoms with Crippen molar-refractivity contribution in [2.75, 3.05) is 26.3 Å². The molecule has 1 aromatic carbocycles.